The second-order valence-corrected chi connectivity index (χ2v) is 10.1. The largest absolute Gasteiger partial charge is 0.489 e. The Hall–Kier alpha value is -5.05. The number of alkyl carbamates (subject to hydrolysis) is 1. The van der Waals surface area contributed by atoms with Gasteiger partial charge in [-0.25, -0.2) is 14.4 Å². The summed E-state index contributed by atoms with van der Waals surface area (Å²) in [5.41, 5.74) is 1.82. The SMILES string of the molecule is COC(=O)/C(=C/c1cn(C(=O)OC(C)(C)C)c2cc(OCc3ccccc3)ccc12)NC(=O)OCc1ccccc1. The van der Waals surface area contributed by atoms with Crippen LogP contribution in [0.5, 0.6) is 5.75 Å². The monoisotopic (exact) mass is 556 g/mol. The van der Waals surface area contributed by atoms with Crippen molar-refractivity contribution < 1.29 is 33.3 Å². The van der Waals surface area contributed by atoms with Gasteiger partial charge in [-0.3, -0.25) is 9.88 Å². The Balaban J connectivity index is 1.66. The lowest BCUT2D eigenvalue weighted by Crippen LogP contribution is -2.28. The maximum atomic E-state index is 13.1. The molecule has 0 aliphatic rings. The van der Waals surface area contributed by atoms with Crippen LogP contribution in [0.25, 0.3) is 17.0 Å². The average molecular weight is 557 g/mol. The Kier molecular flexibility index (Phi) is 9.08. The van der Waals surface area contributed by atoms with E-state index in [1.54, 1.807) is 39.0 Å². The van der Waals surface area contributed by atoms with Gasteiger partial charge < -0.3 is 18.9 Å². The van der Waals surface area contributed by atoms with Gasteiger partial charge >= 0.3 is 18.2 Å². The second kappa shape index (κ2) is 12.9. The summed E-state index contributed by atoms with van der Waals surface area (Å²) in [7, 11) is 1.20. The topological polar surface area (TPSA) is 105 Å². The number of nitrogens with one attached hydrogen (secondary N) is 1. The van der Waals surface area contributed by atoms with E-state index < -0.39 is 23.8 Å². The lowest BCUT2D eigenvalue weighted by Gasteiger charge is -2.19. The first-order valence-corrected chi connectivity index (χ1v) is 13.0. The molecular formula is C32H32N2O7. The predicted molar refractivity (Wildman–Crippen MR) is 154 cm³/mol. The van der Waals surface area contributed by atoms with Crippen LogP contribution in [0.3, 0.4) is 0 Å². The first-order chi connectivity index (χ1) is 19.6. The zero-order chi connectivity index (χ0) is 29.4. The number of benzene rings is 3. The molecule has 0 aliphatic heterocycles. The number of methoxy groups -OCH3 is 1. The van der Waals surface area contributed by atoms with Crippen LogP contribution in [0.2, 0.25) is 0 Å². The smallest absolute Gasteiger partial charge is 0.419 e. The molecule has 212 valence electrons. The number of aromatic nitrogens is 1. The maximum absolute atomic E-state index is 13.1. The van der Waals surface area contributed by atoms with Crippen molar-refractivity contribution in [3.05, 3.63) is 107 Å². The van der Waals surface area contributed by atoms with Crippen LogP contribution in [0, 0.1) is 0 Å². The van der Waals surface area contributed by atoms with E-state index in [2.05, 4.69) is 5.32 Å². The van der Waals surface area contributed by atoms with Gasteiger partial charge in [-0.2, -0.15) is 0 Å². The number of ether oxygens (including phenoxy) is 4. The number of carbonyl (C=O) groups is 3. The highest BCUT2D eigenvalue weighted by Crippen LogP contribution is 2.29. The standard InChI is InChI=1S/C32H32N2O7/c1-32(2,3)41-31(37)34-19-24(26-16-15-25(18-28(26)34)39-20-22-11-7-5-8-12-22)17-27(29(35)38-4)33-30(36)40-21-23-13-9-6-10-14-23/h5-19H,20-21H2,1-4H3,(H,33,36)/b27-17-. The van der Waals surface area contributed by atoms with E-state index in [0.29, 0.717) is 28.8 Å². The van der Waals surface area contributed by atoms with E-state index in [9.17, 15) is 14.4 Å². The fourth-order valence-corrected chi connectivity index (χ4v) is 3.92. The highest BCUT2D eigenvalue weighted by molar-refractivity contribution is 6.02. The van der Waals surface area contributed by atoms with Crippen LogP contribution >= 0.6 is 0 Å². The normalized spacial score (nSPS) is 11.6. The Morgan fingerprint density at radius 3 is 2.12 bits per heavy atom. The first kappa shape index (κ1) is 28.9. The summed E-state index contributed by atoms with van der Waals surface area (Å²) in [6, 6.07) is 24.1. The molecule has 0 spiro atoms. The summed E-state index contributed by atoms with van der Waals surface area (Å²) >= 11 is 0. The summed E-state index contributed by atoms with van der Waals surface area (Å²) in [6.45, 7) is 5.67. The van der Waals surface area contributed by atoms with Gasteiger partial charge in [-0.05, 0) is 50.1 Å². The van der Waals surface area contributed by atoms with Gasteiger partial charge in [0.1, 0.15) is 30.3 Å². The molecule has 1 amide bonds. The van der Waals surface area contributed by atoms with Gasteiger partial charge in [0.2, 0.25) is 0 Å². The summed E-state index contributed by atoms with van der Waals surface area (Å²) < 4.78 is 23.1. The molecule has 9 heteroatoms. The minimum absolute atomic E-state index is 0.0187. The summed E-state index contributed by atoms with van der Waals surface area (Å²) in [6.07, 6.45) is 1.50. The van der Waals surface area contributed by atoms with Crippen molar-refractivity contribution in [2.75, 3.05) is 7.11 Å². The number of nitrogens with zero attached hydrogens (tertiary/aromatic N) is 1. The first-order valence-electron chi connectivity index (χ1n) is 13.0. The van der Waals surface area contributed by atoms with Crippen LogP contribution in [0.1, 0.15) is 37.5 Å². The molecule has 0 saturated heterocycles. The molecule has 4 aromatic rings. The van der Waals surface area contributed by atoms with Crippen molar-refractivity contribution >= 4 is 35.1 Å². The van der Waals surface area contributed by atoms with Crippen LogP contribution in [0.4, 0.5) is 9.59 Å². The predicted octanol–water partition coefficient (Wildman–Crippen LogP) is 6.44. The van der Waals surface area contributed by atoms with E-state index in [0.717, 1.165) is 11.1 Å². The number of rotatable bonds is 8. The summed E-state index contributed by atoms with van der Waals surface area (Å²) in [5, 5.41) is 3.07. The third kappa shape index (κ3) is 7.98. The minimum Gasteiger partial charge on any atom is -0.489 e. The van der Waals surface area contributed by atoms with Crippen molar-refractivity contribution in [2.45, 2.75) is 39.6 Å². The molecular weight excluding hydrogens is 524 g/mol. The van der Waals surface area contributed by atoms with Gasteiger partial charge in [-0.15, -0.1) is 0 Å². The van der Waals surface area contributed by atoms with E-state index in [1.807, 2.05) is 60.7 Å². The zero-order valence-corrected chi connectivity index (χ0v) is 23.4. The van der Waals surface area contributed by atoms with Crippen LogP contribution in [-0.2, 0) is 32.2 Å². The lowest BCUT2D eigenvalue weighted by atomic mass is 10.1. The number of fused-ring (bicyclic) bond motifs is 1. The Bertz CT molecular complexity index is 1550. The van der Waals surface area contributed by atoms with Gasteiger partial charge in [0, 0.05) is 23.2 Å². The Morgan fingerprint density at radius 1 is 0.878 bits per heavy atom. The zero-order valence-electron chi connectivity index (χ0n) is 23.4. The summed E-state index contributed by atoms with van der Waals surface area (Å²) in [4.78, 5) is 38.3. The van der Waals surface area contributed by atoms with Crippen molar-refractivity contribution in [2.24, 2.45) is 0 Å². The van der Waals surface area contributed by atoms with Crippen LogP contribution in [-0.4, -0.2) is 35.4 Å². The van der Waals surface area contributed by atoms with Gasteiger partial charge in [0.05, 0.1) is 12.6 Å². The molecule has 0 bridgehead atoms. The Morgan fingerprint density at radius 2 is 1.51 bits per heavy atom. The molecule has 0 saturated carbocycles. The molecule has 9 nitrogen and oxygen atoms in total. The lowest BCUT2D eigenvalue weighted by molar-refractivity contribution is -0.136. The molecule has 41 heavy (non-hydrogen) atoms. The van der Waals surface area contributed by atoms with Crippen LogP contribution < -0.4 is 10.1 Å². The van der Waals surface area contributed by atoms with Crippen molar-refractivity contribution in [1.82, 2.24) is 9.88 Å². The third-order valence-corrected chi connectivity index (χ3v) is 5.80. The van der Waals surface area contributed by atoms with Gasteiger partial charge in [-0.1, -0.05) is 60.7 Å². The van der Waals surface area contributed by atoms with Gasteiger partial charge in [0.25, 0.3) is 0 Å². The van der Waals surface area contributed by atoms with Crippen molar-refractivity contribution in [3.63, 3.8) is 0 Å². The molecule has 1 aromatic heterocycles. The average Bonchev–Trinajstić information content (AvgIpc) is 3.32. The highest BCUT2D eigenvalue weighted by Gasteiger charge is 2.22. The molecule has 0 radical (unpaired) electrons. The molecule has 1 N–H and O–H groups in total. The van der Waals surface area contributed by atoms with Crippen molar-refractivity contribution in [1.29, 1.82) is 0 Å². The summed E-state index contributed by atoms with van der Waals surface area (Å²) in [5.74, 6) is -0.252. The van der Waals surface area contributed by atoms with Crippen molar-refractivity contribution in [3.8, 4) is 5.75 Å². The van der Waals surface area contributed by atoms with E-state index in [-0.39, 0.29) is 12.3 Å². The number of carbonyl (C=O) groups excluding carboxylic acids is 3. The maximum Gasteiger partial charge on any atom is 0.419 e. The molecule has 0 atom stereocenters. The molecule has 0 unspecified atom stereocenters. The van der Waals surface area contributed by atoms with E-state index >= 15 is 0 Å². The van der Waals surface area contributed by atoms with Crippen LogP contribution in [0.15, 0.2) is 90.8 Å². The third-order valence-electron chi connectivity index (χ3n) is 5.80. The van der Waals surface area contributed by atoms with E-state index in [4.69, 9.17) is 18.9 Å². The number of amides is 1. The quantitative estimate of drug-likeness (QED) is 0.151. The molecule has 4 rings (SSSR count). The van der Waals surface area contributed by atoms with Gasteiger partial charge in [0.15, 0.2) is 0 Å². The Labute approximate surface area is 238 Å². The van der Waals surface area contributed by atoms with E-state index in [1.165, 1.54) is 23.9 Å². The number of hydrogen-bond acceptors (Lipinski definition) is 7. The number of hydrogen-bond donors (Lipinski definition) is 1. The molecule has 3 aromatic carbocycles. The minimum atomic E-state index is -0.835. The fourth-order valence-electron chi connectivity index (χ4n) is 3.92. The second-order valence-electron chi connectivity index (χ2n) is 10.1. The fraction of sp³-hybridized carbons (Fsp3) is 0.219. The molecule has 0 fully saturated rings. The molecule has 1 heterocycles. The highest BCUT2D eigenvalue weighted by atomic mass is 16.6. The number of esters is 1. The molecule has 0 aliphatic carbocycles.